The molecule has 1 unspecified atom stereocenters. The van der Waals surface area contributed by atoms with Gasteiger partial charge in [0.1, 0.15) is 11.2 Å². The number of ketones is 1. The molecule has 0 radical (unpaired) electrons. The zero-order valence-corrected chi connectivity index (χ0v) is 12.6. The van der Waals surface area contributed by atoms with Gasteiger partial charge < -0.3 is 0 Å². The second kappa shape index (κ2) is 6.04. The molecular formula is C14H8BrCl2FO. The Labute approximate surface area is 128 Å². The largest absolute Gasteiger partial charge is 0.292 e. The molecule has 2 rings (SSSR count). The van der Waals surface area contributed by atoms with Crippen LogP contribution in [0.2, 0.25) is 5.02 Å². The van der Waals surface area contributed by atoms with Crippen LogP contribution in [0.4, 0.5) is 4.39 Å². The molecule has 0 bridgehead atoms. The lowest BCUT2D eigenvalue weighted by molar-refractivity contribution is 0.0987. The Morgan fingerprint density at radius 2 is 1.79 bits per heavy atom. The average Bonchev–Trinajstić information content (AvgIpc) is 2.41. The summed E-state index contributed by atoms with van der Waals surface area (Å²) in [5.41, 5.74) is 1.000. The number of carbonyl (C=O) groups excluding carboxylic acids is 1. The third kappa shape index (κ3) is 3.35. The maximum atomic E-state index is 12.8. The Morgan fingerprint density at radius 1 is 1.16 bits per heavy atom. The van der Waals surface area contributed by atoms with Crippen molar-refractivity contribution in [2.24, 2.45) is 0 Å². The second-order valence-electron chi connectivity index (χ2n) is 3.91. The molecule has 0 aliphatic rings. The van der Waals surface area contributed by atoms with Crippen LogP contribution in [0.15, 0.2) is 46.9 Å². The van der Waals surface area contributed by atoms with Gasteiger partial charge in [0, 0.05) is 10.0 Å². The molecule has 98 valence electrons. The van der Waals surface area contributed by atoms with Crippen LogP contribution in [0.5, 0.6) is 0 Å². The fraction of sp³-hybridized carbons (Fsp3) is 0.0714. The van der Waals surface area contributed by atoms with E-state index in [1.54, 1.807) is 18.2 Å². The van der Waals surface area contributed by atoms with Gasteiger partial charge in [-0.3, -0.25) is 4.79 Å². The lowest BCUT2D eigenvalue weighted by atomic mass is 10.0. The number of alkyl halides is 1. The van der Waals surface area contributed by atoms with Crippen molar-refractivity contribution in [3.8, 4) is 0 Å². The third-order valence-corrected chi connectivity index (χ3v) is 4.26. The van der Waals surface area contributed by atoms with Crippen LogP contribution in [-0.4, -0.2) is 5.78 Å². The van der Waals surface area contributed by atoms with Gasteiger partial charge in [-0.05, 0) is 51.8 Å². The summed E-state index contributed by atoms with van der Waals surface area (Å²) < 4.78 is 13.5. The van der Waals surface area contributed by atoms with Crippen molar-refractivity contribution in [2.45, 2.75) is 5.38 Å². The van der Waals surface area contributed by atoms with Crippen LogP contribution in [0, 0.1) is 5.82 Å². The van der Waals surface area contributed by atoms with E-state index in [1.807, 2.05) is 0 Å². The van der Waals surface area contributed by atoms with Crippen molar-refractivity contribution < 1.29 is 9.18 Å². The van der Waals surface area contributed by atoms with Gasteiger partial charge in [0.2, 0.25) is 0 Å². The fourth-order valence-electron chi connectivity index (χ4n) is 1.58. The van der Waals surface area contributed by atoms with E-state index in [0.29, 0.717) is 20.6 Å². The van der Waals surface area contributed by atoms with E-state index in [0.717, 1.165) is 0 Å². The van der Waals surface area contributed by atoms with Gasteiger partial charge in [-0.2, -0.15) is 0 Å². The van der Waals surface area contributed by atoms with Crippen molar-refractivity contribution in [1.82, 2.24) is 0 Å². The van der Waals surface area contributed by atoms with Crippen molar-refractivity contribution in [1.29, 1.82) is 0 Å². The Bertz CT molecular complexity index is 613. The number of Topliss-reactive ketones (excluding diaryl/α,β-unsaturated/α-hetero) is 1. The lowest BCUT2D eigenvalue weighted by Gasteiger charge is -2.09. The molecule has 0 aromatic heterocycles. The molecule has 0 aliphatic heterocycles. The molecule has 2 aromatic carbocycles. The summed E-state index contributed by atoms with van der Waals surface area (Å²) in [6.07, 6.45) is 0. The predicted molar refractivity (Wildman–Crippen MR) is 78.5 cm³/mol. The van der Waals surface area contributed by atoms with E-state index < -0.39 is 5.38 Å². The number of halogens is 4. The van der Waals surface area contributed by atoms with Crippen LogP contribution in [-0.2, 0) is 0 Å². The number of hydrogen-bond donors (Lipinski definition) is 0. The van der Waals surface area contributed by atoms with E-state index >= 15 is 0 Å². The highest BCUT2D eigenvalue weighted by molar-refractivity contribution is 9.10. The SMILES string of the molecule is O=C(c1ccc(Cl)c(Br)c1)C(Cl)c1ccc(F)cc1. The molecule has 2 aromatic rings. The maximum absolute atomic E-state index is 12.8. The number of carbonyl (C=O) groups is 1. The molecule has 0 saturated carbocycles. The smallest absolute Gasteiger partial charge is 0.185 e. The normalized spacial score (nSPS) is 12.2. The summed E-state index contributed by atoms with van der Waals surface area (Å²) in [7, 11) is 0. The topological polar surface area (TPSA) is 17.1 Å². The summed E-state index contributed by atoms with van der Waals surface area (Å²) in [5, 5.41) is -0.335. The van der Waals surface area contributed by atoms with E-state index in [9.17, 15) is 9.18 Å². The number of benzene rings is 2. The Hall–Kier alpha value is -0.900. The molecule has 5 heteroatoms. The van der Waals surface area contributed by atoms with E-state index in [1.165, 1.54) is 24.3 Å². The Balaban J connectivity index is 2.28. The van der Waals surface area contributed by atoms with Crippen LogP contribution in [0.1, 0.15) is 21.3 Å². The van der Waals surface area contributed by atoms with Gasteiger partial charge in [0.25, 0.3) is 0 Å². The molecule has 0 amide bonds. The van der Waals surface area contributed by atoms with Crippen LogP contribution >= 0.6 is 39.1 Å². The van der Waals surface area contributed by atoms with Crippen molar-refractivity contribution >= 4 is 44.9 Å². The second-order valence-corrected chi connectivity index (χ2v) is 5.61. The highest BCUT2D eigenvalue weighted by atomic mass is 79.9. The van der Waals surface area contributed by atoms with Gasteiger partial charge in [-0.1, -0.05) is 23.7 Å². The first-order valence-corrected chi connectivity index (χ1v) is 6.98. The molecule has 0 spiro atoms. The molecule has 0 fully saturated rings. The first-order chi connectivity index (χ1) is 8.99. The highest BCUT2D eigenvalue weighted by Crippen LogP contribution is 2.29. The first-order valence-electron chi connectivity index (χ1n) is 5.38. The molecule has 1 atom stereocenters. The fourth-order valence-corrected chi connectivity index (χ4v) is 2.35. The number of hydrogen-bond acceptors (Lipinski definition) is 1. The van der Waals surface area contributed by atoms with Gasteiger partial charge >= 0.3 is 0 Å². The average molecular weight is 362 g/mol. The molecule has 0 aliphatic carbocycles. The van der Waals surface area contributed by atoms with Crippen molar-refractivity contribution in [2.75, 3.05) is 0 Å². The predicted octanol–water partition coefficient (Wildman–Crippen LogP) is 5.40. The van der Waals surface area contributed by atoms with Crippen molar-refractivity contribution in [3.05, 3.63) is 68.9 Å². The van der Waals surface area contributed by atoms with Gasteiger partial charge in [-0.15, -0.1) is 11.6 Å². The van der Waals surface area contributed by atoms with Crippen molar-refractivity contribution in [3.63, 3.8) is 0 Å². The van der Waals surface area contributed by atoms with E-state index in [4.69, 9.17) is 23.2 Å². The lowest BCUT2D eigenvalue weighted by Crippen LogP contribution is -2.07. The molecule has 19 heavy (non-hydrogen) atoms. The highest BCUT2D eigenvalue weighted by Gasteiger charge is 2.20. The summed E-state index contributed by atoms with van der Waals surface area (Å²) in [4.78, 5) is 12.2. The standard InChI is InChI=1S/C14H8BrCl2FO/c15-11-7-9(3-6-12(11)16)14(19)13(17)8-1-4-10(18)5-2-8/h1-7,13H. The molecule has 1 nitrogen and oxygen atoms in total. The van der Waals surface area contributed by atoms with Gasteiger partial charge in [0.15, 0.2) is 5.78 Å². The quantitative estimate of drug-likeness (QED) is 0.528. The van der Waals surface area contributed by atoms with E-state index in [2.05, 4.69) is 15.9 Å². The Kier molecular flexibility index (Phi) is 4.61. The maximum Gasteiger partial charge on any atom is 0.185 e. The van der Waals surface area contributed by atoms with Crippen LogP contribution < -0.4 is 0 Å². The minimum absolute atomic E-state index is 0.259. The van der Waals surface area contributed by atoms with Crippen LogP contribution in [0.25, 0.3) is 0 Å². The summed E-state index contributed by atoms with van der Waals surface area (Å²) in [6, 6.07) is 10.4. The summed E-state index contributed by atoms with van der Waals surface area (Å²) in [6.45, 7) is 0. The molecule has 0 heterocycles. The van der Waals surface area contributed by atoms with Gasteiger partial charge in [-0.25, -0.2) is 4.39 Å². The zero-order chi connectivity index (χ0) is 14.0. The Morgan fingerprint density at radius 3 is 2.37 bits per heavy atom. The summed E-state index contributed by atoms with van der Waals surface area (Å²) >= 11 is 15.2. The molecule has 0 saturated heterocycles. The summed E-state index contributed by atoms with van der Waals surface area (Å²) in [5.74, 6) is -0.625. The third-order valence-electron chi connectivity index (χ3n) is 2.60. The van der Waals surface area contributed by atoms with Crippen LogP contribution in [0.3, 0.4) is 0 Å². The first kappa shape index (κ1) is 14.5. The monoisotopic (exact) mass is 360 g/mol. The molecular weight excluding hydrogens is 354 g/mol. The minimum atomic E-state index is -0.853. The zero-order valence-electron chi connectivity index (χ0n) is 9.54. The van der Waals surface area contributed by atoms with E-state index in [-0.39, 0.29) is 11.6 Å². The minimum Gasteiger partial charge on any atom is -0.292 e. The molecule has 0 N–H and O–H groups in total. The van der Waals surface area contributed by atoms with Gasteiger partial charge in [0.05, 0.1) is 5.02 Å². The number of rotatable bonds is 3.